The van der Waals surface area contributed by atoms with Crippen LogP contribution < -0.4 is 5.32 Å². The minimum Gasteiger partial charge on any atom is -0.480 e. The molecule has 1 heterocycles. The average Bonchev–Trinajstić information content (AvgIpc) is 2.37. The van der Waals surface area contributed by atoms with E-state index >= 15 is 0 Å². The van der Waals surface area contributed by atoms with Crippen LogP contribution in [-0.4, -0.2) is 40.1 Å². The Morgan fingerprint density at radius 3 is 2.63 bits per heavy atom. The van der Waals surface area contributed by atoms with E-state index in [0.717, 1.165) is 12.8 Å². The summed E-state index contributed by atoms with van der Waals surface area (Å²) in [6, 6.07) is -1.16. The summed E-state index contributed by atoms with van der Waals surface area (Å²) in [4.78, 5) is 24.8. The van der Waals surface area contributed by atoms with E-state index in [1.54, 1.807) is 13.8 Å². The molecule has 2 amide bonds. The number of carbonyl (C=O) groups is 2. The highest BCUT2D eigenvalue weighted by atomic mass is 16.4. The van der Waals surface area contributed by atoms with Gasteiger partial charge in [-0.05, 0) is 32.6 Å². The van der Waals surface area contributed by atoms with Crippen molar-refractivity contribution >= 4 is 12.0 Å². The molecule has 0 bridgehead atoms. The summed E-state index contributed by atoms with van der Waals surface area (Å²) >= 11 is 0. The Balaban J connectivity index is 2.78. The molecule has 0 spiro atoms. The fourth-order valence-corrected chi connectivity index (χ4v) is 2.26. The second-order valence-electron chi connectivity index (χ2n) is 5.55. The number of carboxylic acid groups (broad SMARTS) is 1. The van der Waals surface area contributed by atoms with E-state index in [-0.39, 0.29) is 0 Å². The largest absolute Gasteiger partial charge is 0.480 e. The third kappa shape index (κ3) is 3.88. The van der Waals surface area contributed by atoms with Gasteiger partial charge in [0.25, 0.3) is 0 Å². The Kier molecular flexibility index (Phi) is 4.82. The Bertz CT molecular complexity index is 398. The zero-order valence-electron chi connectivity index (χ0n) is 11.8. The molecule has 0 radical (unpaired) electrons. The van der Waals surface area contributed by atoms with Gasteiger partial charge in [0.15, 0.2) is 0 Å². The lowest BCUT2D eigenvalue weighted by atomic mass is 9.89. The van der Waals surface area contributed by atoms with E-state index in [0.29, 0.717) is 18.9 Å². The average molecular weight is 266 g/mol. The van der Waals surface area contributed by atoms with Gasteiger partial charge >= 0.3 is 12.0 Å². The molecule has 0 aromatic heterocycles. The predicted molar refractivity (Wildman–Crippen MR) is 72.6 cm³/mol. The van der Waals surface area contributed by atoms with E-state index in [1.807, 2.05) is 6.92 Å². The molecule has 1 fully saturated rings. The Morgan fingerprint density at radius 1 is 1.53 bits per heavy atom. The van der Waals surface area contributed by atoms with Crippen molar-refractivity contribution in [2.75, 3.05) is 6.54 Å². The van der Waals surface area contributed by atoms with Gasteiger partial charge in [-0.1, -0.05) is 19.3 Å². The van der Waals surface area contributed by atoms with Gasteiger partial charge < -0.3 is 15.3 Å². The molecule has 0 aliphatic carbocycles. The molecule has 2 atom stereocenters. The van der Waals surface area contributed by atoms with Crippen LogP contribution in [0.5, 0.6) is 0 Å². The quantitative estimate of drug-likeness (QED) is 0.764. The van der Waals surface area contributed by atoms with Crippen LogP contribution in [0.2, 0.25) is 0 Å². The first-order valence-corrected chi connectivity index (χ1v) is 6.60. The number of amides is 2. The SMILES string of the molecule is C#CC(C)(C)NC(=O)N1CCC(CC)CC1C(=O)O. The summed E-state index contributed by atoms with van der Waals surface area (Å²) in [7, 11) is 0. The lowest BCUT2D eigenvalue weighted by Crippen LogP contribution is -2.57. The number of nitrogens with zero attached hydrogens (tertiary/aromatic N) is 1. The number of aliphatic carboxylic acids is 1. The zero-order chi connectivity index (χ0) is 14.6. The first-order chi connectivity index (χ1) is 8.80. The van der Waals surface area contributed by atoms with Gasteiger partial charge in [-0.15, -0.1) is 6.42 Å². The smallest absolute Gasteiger partial charge is 0.326 e. The topological polar surface area (TPSA) is 69.6 Å². The molecule has 5 heteroatoms. The first kappa shape index (κ1) is 15.4. The maximum atomic E-state index is 12.1. The van der Waals surface area contributed by atoms with E-state index in [9.17, 15) is 14.7 Å². The van der Waals surface area contributed by atoms with E-state index in [1.165, 1.54) is 4.90 Å². The lowest BCUT2D eigenvalue weighted by Gasteiger charge is -2.38. The molecule has 19 heavy (non-hydrogen) atoms. The third-order valence-electron chi connectivity index (χ3n) is 3.61. The van der Waals surface area contributed by atoms with E-state index < -0.39 is 23.6 Å². The number of terminal acetylenes is 1. The number of rotatable bonds is 3. The Morgan fingerprint density at radius 2 is 2.16 bits per heavy atom. The summed E-state index contributed by atoms with van der Waals surface area (Å²) in [6.45, 7) is 5.92. The fraction of sp³-hybridized carbons (Fsp3) is 0.714. The van der Waals surface area contributed by atoms with Crippen LogP contribution in [0.1, 0.15) is 40.0 Å². The number of carboxylic acids is 1. The standard InChI is InChI=1S/C14H22N2O3/c1-5-10-7-8-16(11(9-10)12(17)18)13(19)15-14(3,4)6-2/h2,10-11H,5,7-9H2,1,3-4H3,(H,15,19)(H,17,18). The van der Waals surface area contributed by atoms with Crippen molar-refractivity contribution in [2.45, 2.75) is 51.6 Å². The predicted octanol–water partition coefficient (Wildman–Crippen LogP) is 1.68. The number of hydrogen-bond donors (Lipinski definition) is 2. The van der Waals surface area contributed by atoms with Crippen LogP contribution in [-0.2, 0) is 4.79 Å². The second kappa shape index (κ2) is 5.96. The molecule has 0 aromatic carbocycles. The van der Waals surface area contributed by atoms with Crippen molar-refractivity contribution in [3.63, 3.8) is 0 Å². The number of urea groups is 1. The van der Waals surface area contributed by atoms with Crippen molar-refractivity contribution < 1.29 is 14.7 Å². The van der Waals surface area contributed by atoms with E-state index in [2.05, 4.69) is 11.2 Å². The minimum absolute atomic E-state index is 0.366. The summed E-state index contributed by atoms with van der Waals surface area (Å²) in [5.41, 5.74) is -0.776. The van der Waals surface area contributed by atoms with Gasteiger partial charge in [0, 0.05) is 6.54 Å². The van der Waals surface area contributed by atoms with Crippen LogP contribution in [0, 0.1) is 18.3 Å². The molecule has 1 saturated heterocycles. The summed E-state index contributed by atoms with van der Waals surface area (Å²) in [6.07, 6.45) is 7.61. The molecule has 0 aromatic rings. The number of piperidine rings is 1. The number of likely N-dealkylation sites (tertiary alicyclic amines) is 1. The van der Waals surface area contributed by atoms with Gasteiger partial charge in [-0.3, -0.25) is 0 Å². The molecule has 1 aliphatic rings. The van der Waals surface area contributed by atoms with Crippen LogP contribution >= 0.6 is 0 Å². The van der Waals surface area contributed by atoms with Crippen molar-refractivity contribution in [3.8, 4) is 12.3 Å². The van der Waals surface area contributed by atoms with Crippen LogP contribution in [0.15, 0.2) is 0 Å². The van der Waals surface area contributed by atoms with Crippen molar-refractivity contribution in [1.82, 2.24) is 10.2 Å². The summed E-state index contributed by atoms with van der Waals surface area (Å²) < 4.78 is 0. The maximum Gasteiger partial charge on any atom is 0.326 e. The van der Waals surface area contributed by atoms with Gasteiger partial charge in [-0.2, -0.15) is 0 Å². The Labute approximate surface area is 114 Å². The molecule has 1 rings (SSSR count). The highest BCUT2D eigenvalue weighted by molar-refractivity contribution is 5.83. The molecule has 2 unspecified atom stereocenters. The van der Waals surface area contributed by atoms with Gasteiger partial charge in [-0.25, -0.2) is 9.59 Å². The van der Waals surface area contributed by atoms with Gasteiger partial charge in [0.1, 0.15) is 6.04 Å². The monoisotopic (exact) mass is 266 g/mol. The van der Waals surface area contributed by atoms with Gasteiger partial charge in [0.05, 0.1) is 5.54 Å². The van der Waals surface area contributed by atoms with Crippen LogP contribution in [0.3, 0.4) is 0 Å². The van der Waals surface area contributed by atoms with Crippen LogP contribution in [0.25, 0.3) is 0 Å². The first-order valence-electron chi connectivity index (χ1n) is 6.60. The third-order valence-corrected chi connectivity index (χ3v) is 3.61. The Hall–Kier alpha value is -1.70. The number of carbonyl (C=O) groups excluding carboxylic acids is 1. The fourth-order valence-electron chi connectivity index (χ4n) is 2.26. The second-order valence-corrected chi connectivity index (χ2v) is 5.55. The maximum absolute atomic E-state index is 12.1. The van der Waals surface area contributed by atoms with Crippen molar-refractivity contribution in [2.24, 2.45) is 5.92 Å². The van der Waals surface area contributed by atoms with E-state index in [4.69, 9.17) is 6.42 Å². The normalized spacial score (nSPS) is 23.6. The lowest BCUT2D eigenvalue weighted by molar-refractivity contribution is -0.144. The van der Waals surface area contributed by atoms with Gasteiger partial charge in [0.2, 0.25) is 0 Å². The number of nitrogens with one attached hydrogen (secondary N) is 1. The molecule has 106 valence electrons. The summed E-state index contributed by atoms with van der Waals surface area (Å²) in [5.74, 6) is 1.88. The molecule has 5 nitrogen and oxygen atoms in total. The van der Waals surface area contributed by atoms with Crippen LogP contribution in [0.4, 0.5) is 4.79 Å². The highest BCUT2D eigenvalue weighted by Gasteiger charge is 2.36. The zero-order valence-corrected chi connectivity index (χ0v) is 11.8. The van der Waals surface area contributed by atoms with Crippen molar-refractivity contribution in [1.29, 1.82) is 0 Å². The molecule has 2 N–H and O–H groups in total. The molecule has 1 aliphatic heterocycles. The highest BCUT2D eigenvalue weighted by Crippen LogP contribution is 2.25. The van der Waals surface area contributed by atoms with Crippen molar-refractivity contribution in [3.05, 3.63) is 0 Å². The number of hydrogen-bond acceptors (Lipinski definition) is 2. The summed E-state index contributed by atoms with van der Waals surface area (Å²) in [5, 5.41) is 11.9. The minimum atomic E-state index is -0.952. The molecule has 0 saturated carbocycles. The molecular weight excluding hydrogens is 244 g/mol. The molecular formula is C14H22N2O3.